The number of aromatic hydroxyl groups is 1. The number of hydrogen-bond donors (Lipinski definition) is 4. The van der Waals surface area contributed by atoms with Crippen LogP contribution in [0.2, 0.25) is 0 Å². The molecule has 0 bridgehead atoms. The Kier molecular flexibility index (Phi) is 6.79. The van der Waals surface area contributed by atoms with Gasteiger partial charge in [0.05, 0.1) is 18.1 Å². The third-order valence-electron chi connectivity index (χ3n) is 3.95. The highest BCUT2D eigenvalue weighted by atomic mass is 79.9. The first-order valence-electron chi connectivity index (χ1n) is 8.07. The van der Waals surface area contributed by atoms with Gasteiger partial charge < -0.3 is 9.84 Å². The Bertz CT molecular complexity index is 724. The summed E-state index contributed by atoms with van der Waals surface area (Å²) >= 11 is 8.05. The molecule has 0 aromatic heterocycles. The molecule has 2 rings (SSSR count). The van der Waals surface area contributed by atoms with E-state index in [2.05, 4.69) is 52.2 Å². The molecule has 2 atom stereocenters. The summed E-state index contributed by atoms with van der Waals surface area (Å²) in [6, 6.07) is 13.4. The summed E-state index contributed by atoms with van der Waals surface area (Å²) in [7, 11) is 1.67. The van der Waals surface area contributed by atoms with Crippen LogP contribution in [0.4, 0.5) is 0 Å². The highest BCUT2D eigenvalue weighted by Gasteiger charge is 2.25. The number of methoxy groups -OCH3 is 1. The fourth-order valence-corrected chi connectivity index (χ4v) is 3.65. The average Bonchev–Trinajstić information content (AvgIpc) is 2.56. The van der Waals surface area contributed by atoms with Crippen molar-refractivity contribution < 1.29 is 9.84 Å². The van der Waals surface area contributed by atoms with Crippen molar-refractivity contribution in [3.63, 3.8) is 0 Å². The summed E-state index contributed by atoms with van der Waals surface area (Å²) < 4.78 is 6.19. The summed E-state index contributed by atoms with van der Waals surface area (Å²) in [5.41, 5.74) is 1.45. The SMILES string of the molecule is COc1cccc(C(C)NC(C)(C)N[C@H](S)c2cc(Br)ccc2O)c1. The lowest BCUT2D eigenvalue weighted by Gasteiger charge is -2.34. The number of thiol groups is 1. The lowest BCUT2D eigenvalue weighted by Crippen LogP contribution is -2.53. The van der Waals surface area contributed by atoms with Gasteiger partial charge in [0.25, 0.3) is 0 Å². The monoisotopic (exact) mass is 424 g/mol. The molecule has 2 aromatic rings. The van der Waals surface area contributed by atoms with Gasteiger partial charge in [0.2, 0.25) is 0 Å². The standard InChI is InChI=1S/C19H25BrN2O2S/c1-12(13-6-5-7-15(10-13)24-4)21-19(2,3)22-18(25)16-11-14(20)8-9-17(16)23/h5-12,18,21-23,25H,1-4H3/t12?,18-/m1/s1. The quantitative estimate of drug-likeness (QED) is 0.382. The first-order chi connectivity index (χ1) is 11.7. The van der Waals surface area contributed by atoms with Gasteiger partial charge in [-0.05, 0) is 56.7 Å². The second-order valence-corrected chi connectivity index (χ2v) is 7.95. The van der Waals surface area contributed by atoms with Crippen LogP contribution >= 0.6 is 28.6 Å². The van der Waals surface area contributed by atoms with E-state index in [0.29, 0.717) is 0 Å². The molecule has 136 valence electrons. The summed E-state index contributed by atoms with van der Waals surface area (Å²) in [6.45, 7) is 6.19. The van der Waals surface area contributed by atoms with Crippen molar-refractivity contribution in [1.29, 1.82) is 0 Å². The fourth-order valence-electron chi connectivity index (χ4n) is 2.74. The number of nitrogens with one attached hydrogen (secondary N) is 2. The molecule has 0 spiro atoms. The van der Waals surface area contributed by atoms with Gasteiger partial charge in [0.1, 0.15) is 11.5 Å². The van der Waals surface area contributed by atoms with Crippen LogP contribution < -0.4 is 15.4 Å². The summed E-state index contributed by atoms with van der Waals surface area (Å²) in [5.74, 6) is 1.05. The van der Waals surface area contributed by atoms with Crippen LogP contribution in [0.15, 0.2) is 46.9 Å². The van der Waals surface area contributed by atoms with Crippen LogP contribution in [0.1, 0.15) is 43.3 Å². The topological polar surface area (TPSA) is 53.5 Å². The van der Waals surface area contributed by atoms with E-state index >= 15 is 0 Å². The lowest BCUT2D eigenvalue weighted by atomic mass is 10.1. The van der Waals surface area contributed by atoms with Crippen LogP contribution in [0.5, 0.6) is 11.5 Å². The average molecular weight is 425 g/mol. The summed E-state index contributed by atoms with van der Waals surface area (Å²) in [4.78, 5) is 0. The van der Waals surface area contributed by atoms with Gasteiger partial charge in [-0.15, -0.1) is 0 Å². The molecular formula is C19H25BrN2O2S. The number of phenolic OH excluding ortho intramolecular Hbond substituents is 1. The van der Waals surface area contributed by atoms with Crippen LogP contribution in [0.3, 0.4) is 0 Å². The minimum Gasteiger partial charge on any atom is -0.508 e. The Morgan fingerprint density at radius 3 is 2.56 bits per heavy atom. The van der Waals surface area contributed by atoms with Crippen LogP contribution in [0.25, 0.3) is 0 Å². The van der Waals surface area contributed by atoms with Crippen molar-refractivity contribution >= 4 is 28.6 Å². The summed E-state index contributed by atoms with van der Waals surface area (Å²) in [6.07, 6.45) is 0. The van der Waals surface area contributed by atoms with Crippen molar-refractivity contribution in [2.24, 2.45) is 0 Å². The Labute approximate surface area is 163 Å². The Hall–Kier alpha value is -1.21. The number of rotatable bonds is 7. The molecule has 25 heavy (non-hydrogen) atoms. The fraction of sp³-hybridized carbons (Fsp3) is 0.368. The van der Waals surface area contributed by atoms with Gasteiger partial charge in [-0.1, -0.05) is 28.1 Å². The second kappa shape index (κ2) is 8.45. The van der Waals surface area contributed by atoms with Crippen LogP contribution in [0, 0.1) is 0 Å². The molecule has 0 fully saturated rings. The lowest BCUT2D eigenvalue weighted by molar-refractivity contribution is 0.275. The van der Waals surface area contributed by atoms with E-state index in [1.807, 2.05) is 38.1 Å². The molecule has 4 nitrogen and oxygen atoms in total. The number of phenols is 1. The first-order valence-corrected chi connectivity index (χ1v) is 9.38. The van der Waals surface area contributed by atoms with E-state index in [9.17, 15) is 5.11 Å². The normalized spacial score (nSPS) is 14.2. The number of benzene rings is 2. The zero-order chi connectivity index (χ0) is 18.6. The van der Waals surface area contributed by atoms with E-state index < -0.39 is 5.66 Å². The van der Waals surface area contributed by atoms with Crippen LogP contribution in [-0.2, 0) is 0 Å². The number of ether oxygens (including phenoxy) is 1. The third-order valence-corrected chi connectivity index (χ3v) is 4.85. The third kappa shape index (κ3) is 5.64. The van der Waals surface area contributed by atoms with E-state index in [1.54, 1.807) is 19.2 Å². The minimum absolute atomic E-state index is 0.106. The molecule has 0 amide bonds. The van der Waals surface area contributed by atoms with Crippen molar-refractivity contribution in [2.75, 3.05) is 7.11 Å². The van der Waals surface area contributed by atoms with E-state index in [4.69, 9.17) is 4.74 Å². The number of hydrogen-bond acceptors (Lipinski definition) is 5. The Morgan fingerprint density at radius 1 is 1.16 bits per heavy atom. The predicted molar refractivity (Wildman–Crippen MR) is 109 cm³/mol. The van der Waals surface area contributed by atoms with Gasteiger partial charge in [-0.2, -0.15) is 12.6 Å². The van der Waals surface area contributed by atoms with Crippen molar-refractivity contribution in [3.8, 4) is 11.5 Å². The Balaban J connectivity index is 2.08. The molecule has 3 N–H and O–H groups in total. The Morgan fingerprint density at radius 2 is 1.88 bits per heavy atom. The largest absolute Gasteiger partial charge is 0.508 e. The molecule has 6 heteroatoms. The van der Waals surface area contributed by atoms with Crippen molar-refractivity contribution in [2.45, 2.75) is 37.8 Å². The zero-order valence-electron chi connectivity index (χ0n) is 14.9. The predicted octanol–water partition coefficient (Wildman–Crippen LogP) is 4.77. The zero-order valence-corrected chi connectivity index (χ0v) is 17.4. The maximum Gasteiger partial charge on any atom is 0.121 e. The van der Waals surface area contributed by atoms with E-state index in [-0.39, 0.29) is 17.2 Å². The molecule has 2 aromatic carbocycles. The number of halogens is 1. The van der Waals surface area contributed by atoms with Gasteiger partial charge in [0.15, 0.2) is 0 Å². The summed E-state index contributed by atoms with van der Waals surface area (Å²) in [5, 5.41) is 16.7. The smallest absolute Gasteiger partial charge is 0.121 e. The molecule has 0 heterocycles. The maximum absolute atomic E-state index is 10.1. The molecule has 0 aliphatic rings. The molecule has 0 radical (unpaired) electrons. The van der Waals surface area contributed by atoms with Crippen LogP contribution in [-0.4, -0.2) is 17.9 Å². The maximum atomic E-state index is 10.1. The molecular weight excluding hydrogens is 400 g/mol. The van der Waals surface area contributed by atoms with Crippen molar-refractivity contribution in [3.05, 3.63) is 58.1 Å². The first kappa shape index (κ1) is 20.1. The van der Waals surface area contributed by atoms with E-state index in [0.717, 1.165) is 21.3 Å². The van der Waals surface area contributed by atoms with Gasteiger partial charge in [-0.25, -0.2) is 0 Å². The van der Waals surface area contributed by atoms with Crippen molar-refractivity contribution in [1.82, 2.24) is 10.6 Å². The van der Waals surface area contributed by atoms with Gasteiger partial charge in [-0.3, -0.25) is 10.6 Å². The molecule has 1 unspecified atom stereocenters. The molecule has 0 saturated carbocycles. The van der Waals surface area contributed by atoms with E-state index in [1.165, 1.54) is 0 Å². The molecule has 0 aliphatic heterocycles. The molecule has 0 aliphatic carbocycles. The highest BCUT2D eigenvalue weighted by molar-refractivity contribution is 9.10. The minimum atomic E-state index is -0.413. The molecule has 0 saturated heterocycles. The second-order valence-electron chi connectivity index (χ2n) is 6.52. The highest BCUT2D eigenvalue weighted by Crippen LogP contribution is 2.31. The van der Waals surface area contributed by atoms with Gasteiger partial charge >= 0.3 is 0 Å². The van der Waals surface area contributed by atoms with Gasteiger partial charge in [0, 0.05) is 16.1 Å².